The van der Waals surface area contributed by atoms with Gasteiger partial charge in [0.15, 0.2) is 0 Å². The van der Waals surface area contributed by atoms with Gasteiger partial charge in [0.05, 0.1) is 11.1 Å². The van der Waals surface area contributed by atoms with Gasteiger partial charge >= 0.3 is 12.3 Å². The Morgan fingerprint density at radius 3 is 2.30 bits per heavy atom. The van der Waals surface area contributed by atoms with Crippen LogP contribution >= 0.6 is 0 Å². The summed E-state index contributed by atoms with van der Waals surface area (Å²) in [6, 6.07) is 3.29. The van der Waals surface area contributed by atoms with Crippen LogP contribution in [0.25, 0.3) is 0 Å². The zero-order valence-electron chi connectivity index (χ0n) is 13.6. The van der Waals surface area contributed by atoms with Gasteiger partial charge in [-0.15, -0.1) is 0 Å². The van der Waals surface area contributed by atoms with Crippen LogP contribution in [0, 0.1) is 11.6 Å². The highest BCUT2D eigenvalue weighted by atomic mass is 19.3. The second kappa shape index (κ2) is 7.17. The summed E-state index contributed by atoms with van der Waals surface area (Å²) in [5.74, 6) is -3.81. The molecule has 0 atom stereocenters. The summed E-state index contributed by atoms with van der Waals surface area (Å²) in [6.07, 6.45) is 0.114. The molecule has 0 unspecified atom stereocenters. The summed E-state index contributed by atoms with van der Waals surface area (Å²) in [5, 5.41) is 2.95. The molecule has 0 saturated heterocycles. The quantitative estimate of drug-likeness (QED) is 0.541. The van der Waals surface area contributed by atoms with Crippen molar-refractivity contribution in [2.24, 2.45) is 0 Å². The lowest BCUT2D eigenvalue weighted by Gasteiger charge is -2.18. The van der Waals surface area contributed by atoms with E-state index in [1.807, 2.05) is 0 Å². The van der Waals surface area contributed by atoms with Gasteiger partial charge < -0.3 is 5.32 Å². The number of anilines is 1. The van der Waals surface area contributed by atoms with Crippen LogP contribution < -0.4 is 16.2 Å². The third-order valence-corrected chi connectivity index (χ3v) is 3.96. The number of hydrogen-bond donors (Lipinski definition) is 3. The Morgan fingerprint density at radius 2 is 1.74 bits per heavy atom. The van der Waals surface area contributed by atoms with Crippen LogP contribution in [0.15, 0.2) is 30.6 Å². The molecule has 3 N–H and O–H groups in total. The van der Waals surface area contributed by atoms with Gasteiger partial charge in [-0.05, 0) is 18.9 Å². The SMILES string of the molecule is O=C(NNC(=O)C(F)F)c1cnc(NC2(c3ccc(F)cc3F)CC2)nc1. The fraction of sp³-hybridized carbons (Fsp3) is 0.250. The highest BCUT2D eigenvalue weighted by molar-refractivity contribution is 5.95. The second-order valence-electron chi connectivity index (χ2n) is 5.87. The first-order chi connectivity index (χ1) is 12.8. The number of benzene rings is 1. The summed E-state index contributed by atoms with van der Waals surface area (Å²) in [5.41, 5.74) is 2.77. The fourth-order valence-corrected chi connectivity index (χ4v) is 2.43. The Hall–Kier alpha value is -3.24. The van der Waals surface area contributed by atoms with Crippen molar-refractivity contribution in [2.45, 2.75) is 24.8 Å². The van der Waals surface area contributed by atoms with Crippen molar-refractivity contribution >= 4 is 17.8 Å². The zero-order chi connectivity index (χ0) is 19.6. The predicted octanol–water partition coefficient (Wildman–Crippen LogP) is 1.88. The normalized spacial score (nSPS) is 14.6. The first kappa shape index (κ1) is 18.5. The molecule has 0 aliphatic heterocycles. The number of aromatic nitrogens is 2. The van der Waals surface area contributed by atoms with E-state index >= 15 is 0 Å². The number of alkyl halides is 2. The Balaban J connectivity index is 1.66. The summed E-state index contributed by atoms with van der Waals surface area (Å²) in [6.45, 7) is 0. The molecule has 0 radical (unpaired) electrons. The first-order valence-electron chi connectivity index (χ1n) is 7.75. The van der Waals surface area contributed by atoms with Crippen molar-refractivity contribution in [1.29, 1.82) is 0 Å². The van der Waals surface area contributed by atoms with Gasteiger partial charge in [0.1, 0.15) is 11.6 Å². The third kappa shape index (κ3) is 4.13. The molecule has 2 aromatic rings. The van der Waals surface area contributed by atoms with Crippen LogP contribution in [0.3, 0.4) is 0 Å². The van der Waals surface area contributed by atoms with Crippen molar-refractivity contribution in [1.82, 2.24) is 20.8 Å². The van der Waals surface area contributed by atoms with Crippen LogP contribution in [-0.4, -0.2) is 28.2 Å². The van der Waals surface area contributed by atoms with E-state index in [4.69, 9.17) is 0 Å². The minimum absolute atomic E-state index is 0.0899. The molecule has 1 aliphatic rings. The molecule has 7 nitrogen and oxygen atoms in total. The highest BCUT2D eigenvalue weighted by Crippen LogP contribution is 2.48. The molecule has 1 aliphatic carbocycles. The zero-order valence-corrected chi connectivity index (χ0v) is 13.6. The van der Waals surface area contributed by atoms with E-state index in [1.165, 1.54) is 6.07 Å². The van der Waals surface area contributed by atoms with Crippen LogP contribution in [-0.2, 0) is 10.3 Å². The second-order valence-corrected chi connectivity index (χ2v) is 5.87. The van der Waals surface area contributed by atoms with Crippen molar-refractivity contribution in [3.63, 3.8) is 0 Å². The number of halogens is 4. The lowest BCUT2D eigenvalue weighted by atomic mass is 10.0. The summed E-state index contributed by atoms with van der Waals surface area (Å²) in [7, 11) is 0. The molecular weight excluding hydrogens is 370 g/mol. The number of hydrazine groups is 1. The molecule has 27 heavy (non-hydrogen) atoms. The first-order valence-corrected chi connectivity index (χ1v) is 7.75. The minimum atomic E-state index is -3.27. The summed E-state index contributed by atoms with van der Waals surface area (Å²) in [4.78, 5) is 30.3. The largest absolute Gasteiger partial charge is 0.345 e. The smallest absolute Gasteiger partial charge is 0.317 e. The molecule has 11 heteroatoms. The molecule has 1 aromatic carbocycles. The molecule has 0 bridgehead atoms. The van der Waals surface area contributed by atoms with Crippen molar-refractivity contribution < 1.29 is 27.2 Å². The topological polar surface area (TPSA) is 96.0 Å². The van der Waals surface area contributed by atoms with Gasteiger partial charge in [-0.2, -0.15) is 8.78 Å². The average Bonchev–Trinajstić information content (AvgIpc) is 3.40. The van der Waals surface area contributed by atoms with Gasteiger partial charge in [0.25, 0.3) is 5.91 Å². The Kier molecular flexibility index (Phi) is 4.93. The summed E-state index contributed by atoms with van der Waals surface area (Å²) >= 11 is 0. The Morgan fingerprint density at radius 1 is 1.07 bits per heavy atom. The predicted molar refractivity (Wildman–Crippen MR) is 84.5 cm³/mol. The maximum Gasteiger partial charge on any atom is 0.317 e. The minimum Gasteiger partial charge on any atom is -0.345 e. The van der Waals surface area contributed by atoms with E-state index < -0.39 is 35.4 Å². The molecule has 3 rings (SSSR count). The number of carbonyl (C=O) groups is 2. The van der Waals surface area contributed by atoms with Crippen molar-refractivity contribution in [3.05, 3.63) is 53.4 Å². The van der Waals surface area contributed by atoms with Crippen molar-refractivity contribution in [2.75, 3.05) is 5.32 Å². The molecule has 1 saturated carbocycles. The molecule has 1 heterocycles. The lowest BCUT2D eigenvalue weighted by Crippen LogP contribution is -2.44. The van der Waals surface area contributed by atoms with Crippen LogP contribution in [0.4, 0.5) is 23.5 Å². The van der Waals surface area contributed by atoms with E-state index in [1.54, 1.807) is 10.9 Å². The molecule has 0 spiro atoms. The van der Waals surface area contributed by atoms with E-state index in [-0.39, 0.29) is 17.1 Å². The molecular formula is C16H13F4N5O2. The van der Waals surface area contributed by atoms with Gasteiger partial charge in [0, 0.05) is 24.0 Å². The number of rotatable bonds is 5. The molecule has 2 amide bonds. The van der Waals surface area contributed by atoms with Crippen LogP contribution in [0.1, 0.15) is 28.8 Å². The number of nitrogens with zero attached hydrogens (tertiary/aromatic N) is 2. The van der Waals surface area contributed by atoms with Gasteiger partial charge in [-0.1, -0.05) is 6.07 Å². The van der Waals surface area contributed by atoms with E-state index in [0.29, 0.717) is 12.8 Å². The fourth-order valence-electron chi connectivity index (χ4n) is 2.43. The maximum absolute atomic E-state index is 14.0. The van der Waals surface area contributed by atoms with E-state index in [0.717, 1.165) is 24.5 Å². The number of carbonyl (C=O) groups excluding carboxylic acids is 2. The number of nitrogens with one attached hydrogen (secondary N) is 3. The lowest BCUT2D eigenvalue weighted by molar-refractivity contribution is -0.132. The van der Waals surface area contributed by atoms with Gasteiger partial charge in [0.2, 0.25) is 5.95 Å². The molecule has 142 valence electrons. The average molecular weight is 383 g/mol. The monoisotopic (exact) mass is 383 g/mol. The van der Waals surface area contributed by atoms with Crippen LogP contribution in [0.2, 0.25) is 0 Å². The number of hydrogen-bond acceptors (Lipinski definition) is 5. The molecule has 1 aromatic heterocycles. The van der Waals surface area contributed by atoms with Gasteiger partial charge in [-0.25, -0.2) is 18.7 Å². The number of amides is 2. The molecule has 1 fully saturated rings. The van der Waals surface area contributed by atoms with Crippen molar-refractivity contribution in [3.8, 4) is 0 Å². The Bertz CT molecular complexity index is 872. The van der Waals surface area contributed by atoms with Crippen LogP contribution in [0.5, 0.6) is 0 Å². The van der Waals surface area contributed by atoms with E-state index in [2.05, 4.69) is 15.3 Å². The van der Waals surface area contributed by atoms with Gasteiger partial charge in [-0.3, -0.25) is 20.4 Å². The van der Waals surface area contributed by atoms with E-state index in [9.17, 15) is 27.2 Å². The standard InChI is InChI=1S/C16H13F4N5O2/c17-9-1-2-10(11(18)5-9)16(3-4-16)23-15-21-6-8(7-22-15)13(26)24-25-14(27)12(19)20/h1-2,5-7,12H,3-4H2,(H,24,26)(H,25,27)(H,21,22,23). The summed E-state index contributed by atoms with van der Waals surface area (Å²) < 4.78 is 51.2. The maximum atomic E-state index is 14.0. The highest BCUT2D eigenvalue weighted by Gasteiger charge is 2.46. The third-order valence-electron chi connectivity index (χ3n) is 3.96. The Labute approximate surface area is 150 Å².